The molecule has 0 aliphatic carbocycles. The van der Waals surface area contributed by atoms with Crippen molar-refractivity contribution in [3.8, 4) is 0 Å². The quantitative estimate of drug-likeness (QED) is 0.662. The zero-order valence-electron chi connectivity index (χ0n) is 8.77. The van der Waals surface area contributed by atoms with E-state index in [9.17, 15) is 8.78 Å². The molecule has 0 aliphatic rings. The fourth-order valence-corrected chi connectivity index (χ4v) is 1.87. The third-order valence-corrected chi connectivity index (χ3v) is 2.75. The molecule has 0 aliphatic heterocycles. The summed E-state index contributed by atoms with van der Waals surface area (Å²) in [6.45, 7) is 1.98. The highest BCUT2D eigenvalue weighted by molar-refractivity contribution is 6.17. The summed E-state index contributed by atoms with van der Waals surface area (Å²) < 4.78 is 25.5. The molecule has 0 fully saturated rings. The summed E-state index contributed by atoms with van der Waals surface area (Å²) in [6.07, 6.45) is -0.203. The first-order chi connectivity index (χ1) is 7.20. The molecule has 0 unspecified atom stereocenters. The van der Waals surface area contributed by atoms with Crippen LogP contribution in [0.25, 0.3) is 0 Å². The fraction of sp³-hybridized carbons (Fsp3) is 0.500. The molecule has 1 aromatic carbocycles. The molecule has 0 amide bonds. The van der Waals surface area contributed by atoms with E-state index in [0.717, 1.165) is 24.0 Å². The standard InChI is InChI=1S/C12H15ClF2/c1-2-9-5-3-6-11(12(14)15)10(9)7-4-8-13/h3,5-6,12H,2,4,7-8H2,1H3. The van der Waals surface area contributed by atoms with Crippen molar-refractivity contribution < 1.29 is 8.78 Å². The SMILES string of the molecule is CCc1cccc(C(F)F)c1CCCCl. The van der Waals surface area contributed by atoms with Crippen LogP contribution >= 0.6 is 11.6 Å². The van der Waals surface area contributed by atoms with Gasteiger partial charge >= 0.3 is 0 Å². The Hall–Kier alpha value is -0.630. The Balaban J connectivity index is 3.03. The van der Waals surface area contributed by atoms with Gasteiger partial charge in [-0.3, -0.25) is 0 Å². The van der Waals surface area contributed by atoms with Gasteiger partial charge in [-0.1, -0.05) is 25.1 Å². The Morgan fingerprint density at radius 3 is 2.60 bits per heavy atom. The van der Waals surface area contributed by atoms with Crippen LogP contribution < -0.4 is 0 Å². The lowest BCUT2D eigenvalue weighted by molar-refractivity contribution is 0.150. The second-order valence-corrected chi connectivity index (χ2v) is 3.81. The number of rotatable bonds is 5. The molecule has 0 N–H and O–H groups in total. The van der Waals surface area contributed by atoms with Gasteiger partial charge < -0.3 is 0 Å². The van der Waals surface area contributed by atoms with E-state index in [4.69, 9.17) is 11.6 Å². The van der Waals surface area contributed by atoms with Gasteiger partial charge in [-0.05, 0) is 30.4 Å². The van der Waals surface area contributed by atoms with Crippen LogP contribution in [0.3, 0.4) is 0 Å². The summed E-state index contributed by atoms with van der Waals surface area (Å²) in [4.78, 5) is 0. The largest absolute Gasteiger partial charge is 0.264 e. The van der Waals surface area contributed by atoms with Gasteiger partial charge in [0.05, 0.1) is 0 Å². The van der Waals surface area contributed by atoms with E-state index in [1.165, 1.54) is 6.07 Å². The lowest BCUT2D eigenvalue weighted by Gasteiger charge is -2.12. The van der Waals surface area contributed by atoms with Gasteiger partial charge in [-0.25, -0.2) is 8.78 Å². The minimum Gasteiger partial charge on any atom is -0.205 e. The van der Waals surface area contributed by atoms with E-state index in [-0.39, 0.29) is 5.56 Å². The molecule has 0 nitrogen and oxygen atoms in total. The first kappa shape index (κ1) is 12.4. The van der Waals surface area contributed by atoms with E-state index in [0.29, 0.717) is 12.3 Å². The van der Waals surface area contributed by atoms with Crippen LogP contribution in [-0.2, 0) is 12.8 Å². The average molecular weight is 233 g/mol. The molecule has 0 bridgehead atoms. The van der Waals surface area contributed by atoms with Crippen molar-refractivity contribution in [2.45, 2.75) is 32.6 Å². The number of aryl methyl sites for hydroxylation is 1. The van der Waals surface area contributed by atoms with E-state index >= 15 is 0 Å². The van der Waals surface area contributed by atoms with Gasteiger partial charge in [-0.15, -0.1) is 11.6 Å². The van der Waals surface area contributed by atoms with Gasteiger partial charge in [0, 0.05) is 11.4 Å². The molecule has 0 spiro atoms. The summed E-state index contributed by atoms with van der Waals surface area (Å²) in [5.74, 6) is 0.515. The molecule has 0 aromatic heterocycles. The van der Waals surface area contributed by atoms with Gasteiger partial charge in [0.15, 0.2) is 0 Å². The van der Waals surface area contributed by atoms with Crippen LogP contribution in [0.15, 0.2) is 18.2 Å². The minimum absolute atomic E-state index is 0.166. The fourth-order valence-electron chi connectivity index (χ4n) is 1.74. The van der Waals surface area contributed by atoms with Crippen LogP contribution in [0.2, 0.25) is 0 Å². The van der Waals surface area contributed by atoms with E-state index in [1.807, 2.05) is 13.0 Å². The van der Waals surface area contributed by atoms with Crippen molar-refractivity contribution >= 4 is 11.6 Å². The predicted molar refractivity (Wildman–Crippen MR) is 59.8 cm³/mol. The number of hydrogen-bond acceptors (Lipinski definition) is 0. The number of halogens is 3. The van der Waals surface area contributed by atoms with Gasteiger partial charge in [0.25, 0.3) is 6.43 Å². The van der Waals surface area contributed by atoms with E-state index < -0.39 is 6.43 Å². The molecular weight excluding hydrogens is 218 g/mol. The molecule has 15 heavy (non-hydrogen) atoms. The van der Waals surface area contributed by atoms with Crippen molar-refractivity contribution in [2.24, 2.45) is 0 Å². The van der Waals surface area contributed by atoms with Crippen molar-refractivity contribution in [3.63, 3.8) is 0 Å². The number of hydrogen-bond donors (Lipinski definition) is 0. The van der Waals surface area contributed by atoms with Crippen LogP contribution in [-0.4, -0.2) is 5.88 Å². The molecule has 1 aromatic rings. The number of benzene rings is 1. The average Bonchev–Trinajstić information content (AvgIpc) is 2.25. The van der Waals surface area contributed by atoms with Gasteiger partial charge in [0.2, 0.25) is 0 Å². The maximum Gasteiger partial charge on any atom is 0.264 e. The molecule has 0 radical (unpaired) electrons. The first-order valence-corrected chi connectivity index (χ1v) is 5.69. The summed E-state index contributed by atoms with van der Waals surface area (Å²) in [7, 11) is 0. The summed E-state index contributed by atoms with van der Waals surface area (Å²) in [5.41, 5.74) is 1.97. The Morgan fingerprint density at radius 2 is 2.07 bits per heavy atom. The van der Waals surface area contributed by atoms with Crippen LogP contribution in [0.5, 0.6) is 0 Å². The molecule has 84 valence electrons. The zero-order valence-corrected chi connectivity index (χ0v) is 9.53. The normalized spacial score (nSPS) is 11.0. The molecule has 0 saturated carbocycles. The number of alkyl halides is 3. The van der Waals surface area contributed by atoms with Crippen molar-refractivity contribution in [1.29, 1.82) is 0 Å². The Bertz CT molecular complexity index is 310. The molecule has 0 heterocycles. The third-order valence-electron chi connectivity index (χ3n) is 2.49. The van der Waals surface area contributed by atoms with Crippen LogP contribution in [0, 0.1) is 0 Å². The zero-order chi connectivity index (χ0) is 11.3. The highest BCUT2D eigenvalue weighted by atomic mass is 35.5. The maximum atomic E-state index is 12.7. The first-order valence-electron chi connectivity index (χ1n) is 5.15. The summed E-state index contributed by atoms with van der Waals surface area (Å²) in [5, 5.41) is 0. The van der Waals surface area contributed by atoms with Gasteiger partial charge in [0.1, 0.15) is 0 Å². The highest BCUT2D eigenvalue weighted by Gasteiger charge is 2.14. The molecule has 3 heteroatoms. The second kappa shape index (κ2) is 6.06. The van der Waals surface area contributed by atoms with E-state index in [2.05, 4.69) is 0 Å². The third kappa shape index (κ3) is 3.16. The Kier molecular flexibility index (Phi) is 5.03. The lowest BCUT2D eigenvalue weighted by atomic mass is 9.96. The molecule has 0 saturated heterocycles. The van der Waals surface area contributed by atoms with Crippen molar-refractivity contribution in [2.75, 3.05) is 5.88 Å². The molecule has 1 rings (SSSR count). The maximum absolute atomic E-state index is 12.7. The highest BCUT2D eigenvalue weighted by Crippen LogP contribution is 2.27. The van der Waals surface area contributed by atoms with Crippen molar-refractivity contribution in [1.82, 2.24) is 0 Å². The summed E-state index contributed by atoms with van der Waals surface area (Å²) >= 11 is 5.59. The smallest absolute Gasteiger partial charge is 0.205 e. The monoisotopic (exact) mass is 232 g/mol. The van der Waals surface area contributed by atoms with E-state index in [1.54, 1.807) is 6.07 Å². The predicted octanol–water partition coefficient (Wildman–Crippen LogP) is 4.36. The molecule has 0 atom stereocenters. The van der Waals surface area contributed by atoms with Gasteiger partial charge in [-0.2, -0.15) is 0 Å². The minimum atomic E-state index is -2.39. The molecular formula is C12H15ClF2. The van der Waals surface area contributed by atoms with Crippen molar-refractivity contribution in [3.05, 3.63) is 34.9 Å². The second-order valence-electron chi connectivity index (χ2n) is 3.43. The Labute approximate surface area is 94.3 Å². The summed E-state index contributed by atoms with van der Waals surface area (Å²) in [6, 6.07) is 5.12. The lowest BCUT2D eigenvalue weighted by Crippen LogP contribution is -2.00. The van der Waals surface area contributed by atoms with Crippen LogP contribution in [0.1, 0.15) is 36.5 Å². The Morgan fingerprint density at radius 1 is 1.33 bits per heavy atom. The van der Waals surface area contributed by atoms with Crippen LogP contribution in [0.4, 0.5) is 8.78 Å². The topological polar surface area (TPSA) is 0 Å².